The Bertz CT molecular complexity index is 402. The Morgan fingerprint density at radius 2 is 2.00 bits per heavy atom. The van der Waals surface area contributed by atoms with Crippen LogP contribution in [-0.4, -0.2) is 31.8 Å². The van der Waals surface area contributed by atoms with Gasteiger partial charge in [-0.05, 0) is 57.0 Å². The van der Waals surface area contributed by atoms with E-state index in [0.29, 0.717) is 12.0 Å². The number of rotatable bonds is 5. The molecule has 1 heterocycles. The molecule has 1 aliphatic rings. The van der Waals surface area contributed by atoms with Crippen LogP contribution in [0.3, 0.4) is 0 Å². The predicted molar refractivity (Wildman–Crippen MR) is 85.7 cm³/mol. The average molecular weight is 276 g/mol. The van der Waals surface area contributed by atoms with Crippen LogP contribution in [0.2, 0.25) is 0 Å². The second kappa shape index (κ2) is 6.98. The Morgan fingerprint density at radius 3 is 2.55 bits per heavy atom. The van der Waals surface area contributed by atoms with Gasteiger partial charge in [0.15, 0.2) is 0 Å². The summed E-state index contributed by atoms with van der Waals surface area (Å²) in [6, 6.07) is 9.18. The predicted octanol–water partition coefficient (Wildman–Crippen LogP) is 3.30. The maximum atomic E-state index is 5.70. The van der Waals surface area contributed by atoms with Crippen LogP contribution < -0.4 is 15.0 Å². The van der Waals surface area contributed by atoms with Gasteiger partial charge in [0.05, 0.1) is 6.10 Å². The van der Waals surface area contributed by atoms with Crippen molar-refractivity contribution in [3.8, 4) is 5.75 Å². The quantitative estimate of drug-likeness (QED) is 0.893. The molecule has 0 radical (unpaired) electrons. The first-order valence-electron chi connectivity index (χ1n) is 7.85. The third-order valence-electron chi connectivity index (χ3n) is 3.95. The number of benzene rings is 1. The van der Waals surface area contributed by atoms with Crippen molar-refractivity contribution in [1.82, 2.24) is 5.32 Å². The molecule has 1 N–H and O–H groups in total. The largest absolute Gasteiger partial charge is 0.491 e. The number of ether oxygens (including phenoxy) is 1. The Hall–Kier alpha value is -1.22. The second-order valence-corrected chi connectivity index (χ2v) is 6.04. The molecule has 2 rings (SSSR count). The van der Waals surface area contributed by atoms with Gasteiger partial charge in [0, 0.05) is 24.8 Å². The van der Waals surface area contributed by atoms with Crippen molar-refractivity contribution < 1.29 is 4.74 Å². The molecule has 1 aromatic rings. The molecule has 20 heavy (non-hydrogen) atoms. The van der Waals surface area contributed by atoms with Crippen LogP contribution in [-0.2, 0) is 0 Å². The molecule has 3 nitrogen and oxygen atoms in total. The lowest BCUT2D eigenvalue weighted by Crippen LogP contribution is -2.48. The zero-order valence-electron chi connectivity index (χ0n) is 13.2. The molecule has 1 saturated heterocycles. The number of hydrogen-bond donors (Lipinski definition) is 1. The maximum Gasteiger partial charge on any atom is 0.119 e. The number of piperidine rings is 1. The monoisotopic (exact) mass is 276 g/mol. The Balaban J connectivity index is 1.95. The van der Waals surface area contributed by atoms with Crippen LogP contribution in [0.4, 0.5) is 5.69 Å². The molecule has 0 aliphatic carbocycles. The summed E-state index contributed by atoms with van der Waals surface area (Å²) >= 11 is 0. The third kappa shape index (κ3) is 3.89. The standard InChI is InChI=1S/C17H28N2O/c1-5-18-17-10-11-19(12-14(17)4)15-6-8-16(9-7-15)20-13(2)3/h6-9,13-14,17-18H,5,10-12H2,1-4H3. The third-order valence-corrected chi connectivity index (χ3v) is 3.95. The van der Waals surface area contributed by atoms with Crippen molar-refractivity contribution >= 4 is 5.69 Å². The number of nitrogens with zero attached hydrogens (tertiary/aromatic N) is 1. The lowest BCUT2D eigenvalue weighted by molar-refractivity contribution is 0.242. The SMILES string of the molecule is CCNC1CCN(c2ccc(OC(C)C)cc2)CC1C. The van der Waals surface area contributed by atoms with Gasteiger partial charge < -0.3 is 15.0 Å². The molecule has 0 spiro atoms. The van der Waals surface area contributed by atoms with Gasteiger partial charge in [0.25, 0.3) is 0 Å². The minimum absolute atomic E-state index is 0.233. The fraction of sp³-hybridized carbons (Fsp3) is 0.647. The molecule has 0 bridgehead atoms. The van der Waals surface area contributed by atoms with E-state index < -0.39 is 0 Å². The van der Waals surface area contributed by atoms with Crippen molar-refractivity contribution in [2.75, 3.05) is 24.5 Å². The summed E-state index contributed by atoms with van der Waals surface area (Å²) in [4.78, 5) is 2.48. The summed E-state index contributed by atoms with van der Waals surface area (Å²) in [6.07, 6.45) is 1.45. The van der Waals surface area contributed by atoms with Crippen LogP contribution in [0.25, 0.3) is 0 Å². The highest BCUT2D eigenvalue weighted by atomic mass is 16.5. The molecule has 1 aliphatic heterocycles. The summed E-state index contributed by atoms with van der Waals surface area (Å²) in [5.74, 6) is 1.65. The van der Waals surface area contributed by atoms with Crippen LogP contribution in [0.5, 0.6) is 5.75 Å². The van der Waals surface area contributed by atoms with E-state index in [1.165, 1.54) is 12.1 Å². The van der Waals surface area contributed by atoms with Gasteiger partial charge in [0.2, 0.25) is 0 Å². The molecular formula is C17H28N2O. The van der Waals surface area contributed by atoms with E-state index >= 15 is 0 Å². The van der Waals surface area contributed by atoms with E-state index in [0.717, 1.165) is 25.4 Å². The van der Waals surface area contributed by atoms with Crippen LogP contribution in [0.1, 0.15) is 34.1 Å². The molecule has 112 valence electrons. The lowest BCUT2D eigenvalue weighted by atomic mass is 9.93. The summed E-state index contributed by atoms with van der Waals surface area (Å²) in [5.41, 5.74) is 1.31. The highest BCUT2D eigenvalue weighted by molar-refractivity contribution is 5.49. The van der Waals surface area contributed by atoms with Gasteiger partial charge in [-0.1, -0.05) is 13.8 Å². The van der Waals surface area contributed by atoms with E-state index in [1.807, 2.05) is 0 Å². The highest BCUT2D eigenvalue weighted by Gasteiger charge is 2.25. The molecule has 1 fully saturated rings. The van der Waals surface area contributed by atoms with Gasteiger partial charge in [-0.3, -0.25) is 0 Å². The first-order chi connectivity index (χ1) is 9.60. The zero-order chi connectivity index (χ0) is 14.5. The van der Waals surface area contributed by atoms with E-state index in [4.69, 9.17) is 4.74 Å². The minimum atomic E-state index is 0.233. The molecule has 0 amide bonds. The van der Waals surface area contributed by atoms with Crippen LogP contribution >= 0.6 is 0 Å². The first-order valence-corrected chi connectivity index (χ1v) is 7.85. The molecule has 0 saturated carbocycles. The number of nitrogens with one attached hydrogen (secondary N) is 1. The van der Waals surface area contributed by atoms with Crippen molar-refractivity contribution in [2.45, 2.75) is 46.3 Å². The number of hydrogen-bond acceptors (Lipinski definition) is 3. The van der Waals surface area contributed by atoms with E-state index in [2.05, 4.69) is 62.2 Å². The first kappa shape index (κ1) is 15.2. The fourth-order valence-corrected chi connectivity index (χ4v) is 2.95. The van der Waals surface area contributed by atoms with Crippen molar-refractivity contribution in [2.24, 2.45) is 5.92 Å². The van der Waals surface area contributed by atoms with Gasteiger partial charge >= 0.3 is 0 Å². The minimum Gasteiger partial charge on any atom is -0.491 e. The summed E-state index contributed by atoms with van der Waals surface area (Å²) in [6.45, 7) is 12.0. The van der Waals surface area contributed by atoms with Crippen LogP contribution in [0.15, 0.2) is 24.3 Å². The summed E-state index contributed by atoms with van der Waals surface area (Å²) in [7, 11) is 0. The van der Waals surface area contributed by atoms with Gasteiger partial charge in [-0.15, -0.1) is 0 Å². The van der Waals surface area contributed by atoms with Gasteiger partial charge in [-0.25, -0.2) is 0 Å². The fourth-order valence-electron chi connectivity index (χ4n) is 2.95. The molecule has 2 atom stereocenters. The summed E-state index contributed by atoms with van der Waals surface area (Å²) in [5, 5.41) is 3.59. The lowest BCUT2D eigenvalue weighted by Gasteiger charge is -2.38. The van der Waals surface area contributed by atoms with Crippen molar-refractivity contribution in [1.29, 1.82) is 0 Å². The topological polar surface area (TPSA) is 24.5 Å². The zero-order valence-corrected chi connectivity index (χ0v) is 13.2. The smallest absolute Gasteiger partial charge is 0.119 e. The molecule has 1 aromatic carbocycles. The second-order valence-electron chi connectivity index (χ2n) is 6.04. The van der Waals surface area contributed by atoms with Crippen molar-refractivity contribution in [3.63, 3.8) is 0 Å². The molecule has 0 aromatic heterocycles. The summed E-state index contributed by atoms with van der Waals surface area (Å²) < 4.78 is 5.70. The Labute approximate surface area is 123 Å². The molecule has 2 unspecified atom stereocenters. The average Bonchev–Trinajstić information content (AvgIpc) is 2.41. The molecular weight excluding hydrogens is 248 g/mol. The number of anilines is 1. The Morgan fingerprint density at radius 1 is 1.30 bits per heavy atom. The van der Waals surface area contributed by atoms with E-state index in [-0.39, 0.29) is 6.10 Å². The maximum absolute atomic E-state index is 5.70. The Kier molecular flexibility index (Phi) is 5.30. The van der Waals surface area contributed by atoms with Gasteiger partial charge in [-0.2, -0.15) is 0 Å². The highest BCUT2D eigenvalue weighted by Crippen LogP contribution is 2.25. The van der Waals surface area contributed by atoms with E-state index in [9.17, 15) is 0 Å². The van der Waals surface area contributed by atoms with Crippen molar-refractivity contribution in [3.05, 3.63) is 24.3 Å². The normalized spacial score (nSPS) is 23.1. The van der Waals surface area contributed by atoms with Gasteiger partial charge in [0.1, 0.15) is 5.75 Å². The molecule has 3 heteroatoms. The van der Waals surface area contributed by atoms with E-state index in [1.54, 1.807) is 0 Å². The van der Waals surface area contributed by atoms with Crippen LogP contribution in [0, 0.1) is 5.92 Å².